The van der Waals surface area contributed by atoms with E-state index in [9.17, 15) is 8.42 Å². The summed E-state index contributed by atoms with van der Waals surface area (Å²) in [5.74, 6) is 0.433. The van der Waals surface area contributed by atoms with Gasteiger partial charge in [0.25, 0.3) is 0 Å². The van der Waals surface area contributed by atoms with Gasteiger partial charge in [-0.1, -0.05) is 105 Å². The normalized spacial score (nSPS) is 21.8. The van der Waals surface area contributed by atoms with E-state index in [4.69, 9.17) is 0 Å². The standard InChI is InChI=1S/C26H33NO2S/c28-30(29,21-22-13-6-5-7-14-22)27-20-12-18-23-15-10-11-19-25(23)26(27)24-16-8-3-1-2-4-9-17-24/h5-7,10-15,18-19,24,26H,1-4,8-9,16-17,20-21H2/t26-/m0/s1. The van der Waals surface area contributed by atoms with E-state index >= 15 is 0 Å². The molecule has 1 aliphatic carbocycles. The summed E-state index contributed by atoms with van der Waals surface area (Å²) in [4.78, 5) is 0. The molecule has 1 fully saturated rings. The first-order chi connectivity index (χ1) is 14.6. The van der Waals surface area contributed by atoms with Crippen molar-refractivity contribution in [2.75, 3.05) is 6.54 Å². The zero-order valence-electron chi connectivity index (χ0n) is 17.7. The van der Waals surface area contributed by atoms with E-state index in [0.29, 0.717) is 12.5 Å². The highest BCUT2D eigenvalue weighted by molar-refractivity contribution is 7.88. The number of hydrogen-bond acceptors (Lipinski definition) is 2. The van der Waals surface area contributed by atoms with Crippen LogP contribution in [0.5, 0.6) is 0 Å². The molecule has 0 radical (unpaired) electrons. The van der Waals surface area contributed by atoms with E-state index in [1.54, 1.807) is 0 Å². The van der Waals surface area contributed by atoms with Gasteiger partial charge in [0.1, 0.15) is 0 Å². The fourth-order valence-corrected chi connectivity index (χ4v) is 6.83. The molecule has 0 bridgehead atoms. The number of hydrogen-bond donors (Lipinski definition) is 0. The zero-order valence-corrected chi connectivity index (χ0v) is 18.6. The Labute approximate surface area is 181 Å². The Morgan fingerprint density at radius 2 is 1.43 bits per heavy atom. The van der Waals surface area contributed by atoms with Crippen molar-refractivity contribution in [1.29, 1.82) is 0 Å². The lowest BCUT2D eigenvalue weighted by atomic mass is 9.84. The van der Waals surface area contributed by atoms with Crippen LogP contribution in [-0.2, 0) is 15.8 Å². The molecule has 0 unspecified atom stereocenters. The third-order valence-electron chi connectivity index (χ3n) is 6.60. The summed E-state index contributed by atoms with van der Waals surface area (Å²) in [5.41, 5.74) is 3.19. The molecule has 1 saturated carbocycles. The van der Waals surface area contributed by atoms with Crippen LogP contribution in [0.25, 0.3) is 6.08 Å². The second kappa shape index (κ2) is 9.93. The second-order valence-corrected chi connectivity index (χ2v) is 10.7. The summed E-state index contributed by atoms with van der Waals surface area (Å²) in [6, 6.07) is 17.9. The summed E-state index contributed by atoms with van der Waals surface area (Å²) in [6.07, 6.45) is 13.9. The van der Waals surface area contributed by atoms with Crippen LogP contribution in [0.2, 0.25) is 0 Å². The molecule has 0 aromatic heterocycles. The fourth-order valence-electron chi connectivity index (χ4n) is 5.11. The molecule has 4 rings (SSSR count). The van der Waals surface area contributed by atoms with E-state index in [-0.39, 0.29) is 11.8 Å². The van der Waals surface area contributed by atoms with Gasteiger partial charge in [-0.05, 0) is 35.4 Å². The van der Waals surface area contributed by atoms with Gasteiger partial charge in [0.15, 0.2) is 0 Å². The molecule has 0 saturated heterocycles. The van der Waals surface area contributed by atoms with Crippen LogP contribution in [0.1, 0.15) is 74.1 Å². The average molecular weight is 424 g/mol. The molecule has 0 spiro atoms. The first-order valence-corrected chi connectivity index (χ1v) is 13.0. The quantitative estimate of drug-likeness (QED) is 0.575. The van der Waals surface area contributed by atoms with Gasteiger partial charge in [0.05, 0.1) is 11.8 Å². The number of benzene rings is 2. The average Bonchev–Trinajstić information content (AvgIpc) is 2.83. The van der Waals surface area contributed by atoms with Gasteiger partial charge in [-0.2, -0.15) is 4.31 Å². The molecule has 4 heteroatoms. The molecule has 2 aromatic rings. The summed E-state index contributed by atoms with van der Waals surface area (Å²) in [5, 5.41) is 0. The first-order valence-electron chi connectivity index (χ1n) is 11.4. The molecule has 3 nitrogen and oxygen atoms in total. The minimum atomic E-state index is -3.45. The van der Waals surface area contributed by atoms with Gasteiger partial charge < -0.3 is 0 Å². The predicted molar refractivity (Wildman–Crippen MR) is 124 cm³/mol. The van der Waals surface area contributed by atoms with Crippen LogP contribution < -0.4 is 0 Å². The SMILES string of the molecule is O=S(=O)(Cc1ccccc1)N1CC=Cc2ccccc2[C@@H]1C1CCCCCCCC1. The van der Waals surface area contributed by atoms with E-state index in [0.717, 1.165) is 18.4 Å². The molecule has 2 aromatic carbocycles. The largest absolute Gasteiger partial charge is 0.219 e. The van der Waals surface area contributed by atoms with Crippen molar-refractivity contribution in [2.45, 2.75) is 63.2 Å². The van der Waals surface area contributed by atoms with Crippen molar-refractivity contribution in [3.8, 4) is 0 Å². The lowest BCUT2D eigenvalue weighted by Crippen LogP contribution is -2.39. The van der Waals surface area contributed by atoms with E-state index < -0.39 is 10.0 Å². The molecular weight excluding hydrogens is 390 g/mol. The third-order valence-corrected chi connectivity index (χ3v) is 8.39. The number of fused-ring (bicyclic) bond motifs is 1. The Kier molecular flexibility index (Phi) is 7.06. The minimum absolute atomic E-state index is 0.0626. The Balaban J connectivity index is 1.72. The van der Waals surface area contributed by atoms with Crippen LogP contribution in [0.3, 0.4) is 0 Å². The predicted octanol–water partition coefficient (Wildman–Crippen LogP) is 6.34. The monoisotopic (exact) mass is 423 g/mol. The van der Waals surface area contributed by atoms with E-state index in [1.807, 2.05) is 40.7 Å². The Hall–Kier alpha value is -1.91. The van der Waals surface area contributed by atoms with Gasteiger partial charge in [0.2, 0.25) is 10.0 Å². The van der Waals surface area contributed by atoms with Crippen molar-refractivity contribution in [3.63, 3.8) is 0 Å². The maximum absolute atomic E-state index is 13.7. The maximum Gasteiger partial charge on any atom is 0.219 e. The molecule has 0 N–H and O–H groups in total. The topological polar surface area (TPSA) is 37.4 Å². The van der Waals surface area contributed by atoms with Crippen LogP contribution >= 0.6 is 0 Å². The van der Waals surface area contributed by atoms with Crippen LogP contribution in [-0.4, -0.2) is 19.3 Å². The van der Waals surface area contributed by atoms with Gasteiger partial charge in [-0.3, -0.25) is 0 Å². The molecule has 1 heterocycles. The lowest BCUT2D eigenvalue weighted by Gasteiger charge is -2.36. The summed E-state index contributed by atoms with van der Waals surface area (Å²) >= 11 is 0. The Morgan fingerprint density at radius 1 is 0.800 bits per heavy atom. The van der Waals surface area contributed by atoms with Crippen molar-refractivity contribution >= 4 is 16.1 Å². The molecule has 2 aliphatic rings. The summed E-state index contributed by atoms with van der Waals surface area (Å²) in [6.45, 7) is 0.449. The zero-order chi connectivity index (χ0) is 20.8. The molecule has 160 valence electrons. The fraction of sp³-hybridized carbons (Fsp3) is 0.462. The molecule has 30 heavy (non-hydrogen) atoms. The first kappa shape index (κ1) is 21.3. The number of sulfonamides is 1. The van der Waals surface area contributed by atoms with Gasteiger partial charge in [-0.15, -0.1) is 0 Å². The molecule has 0 amide bonds. The van der Waals surface area contributed by atoms with Gasteiger partial charge in [-0.25, -0.2) is 8.42 Å². The Morgan fingerprint density at radius 3 is 2.17 bits per heavy atom. The maximum atomic E-state index is 13.7. The van der Waals surface area contributed by atoms with E-state index in [1.165, 1.54) is 49.7 Å². The lowest BCUT2D eigenvalue weighted by molar-refractivity contribution is 0.226. The van der Waals surface area contributed by atoms with Crippen LogP contribution in [0.4, 0.5) is 0 Å². The van der Waals surface area contributed by atoms with Crippen molar-refractivity contribution in [3.05, 3.63) is 77.4 Å². The third kappa shape index (κ3) is 5.04. The molecular formula is C26H33NO2S. The van der Waals surface area contributed by atoms with Gasteiger partial charge >= 0.3 is 0 Å². The smallest absolute Gasteiger partial charge is 0.212 e. The van der Waals surface area contributed by atoms with Gasteiger partial charge in [0, 0.05) is 6.54 Å². The van der Waals surface area contributed by atoms with Crippen molar-refractivity contribution < 1.29 is 8.42 Å². The minimum Gasteiger partial charge on any atom is -0.212 e. The number of rotatable bonds is 4. The number of nitrogens with zero attached hydrogens (tertiary/aromatic N) is 1. The highest BCUT2D eigenvalue weighted by Crippen LogP contribution is 2.41. The van der Waals surface area contributed by atoms with Crippen molar-refractivity contribution in [2.24, 2.45) is 5.92 Å². The summed E-state index contributed by atoms with van der Waals surface area (Å²) < 4.78 is 29.2. The van der Waals surface area contributed by atoms with Crippen molar-refractivity contribution in [1.82, 2.24) is 4.31 Å². The summed E-state index contributed by atoms with van der Waals surface area (Å²) in [7, 11) is -3.45. The molecule has 1 aliphatic heterocycles. The second-order valence-electron chi connectivity index (χ2n) is 8.75. The van der Waals surface area contributed by atoms with Crippen LogP contribution in [0, 0.1) is 5.92 Å². The highest BCUT2D eigenvalue weighted by atomic mass is 32.2. The highest BCUT2D eigenvalue weighted by Gasteiger charge is 2.37. The Bertz CT molecular complexity index is 942. The van der Waals surface area contributed by atoms with E-state index in [2.05, 4.69) is 30.3 Å². The van der Waals surface area contributed by atoms with Crippen LogP contribution in [0.15, 0.2) is 60.7 Å². The molecule has 1 atom stereocenters.